The van der Waals surface area contributed by atoms with Crippen molar-refractivity contribution in [1.29, 1.82) is 0 Å². The van der Waals surface area contributed by atoms with Crippen LogP contribution in [0.4, 0.5) is 10.1 Å². The Balaban J connectivity index is 1.52. The fraction of sp³-hybridized carbons (Fsp3) is 0.200. The molecule has 0 amide bonds. The van der Waals surface area contributed by atoms with Crippen LogP contribution in [0.1, 0.15) is 11.6 Å². The topological polar surface area (TPSA) is 58.5 Å². The smallest absolute Gasteiger partial charge is 0.163 e. The minimum atomic E-state index is -0.550. The van der Waals surface area contributed by atoms with E-state index in [0.29, 0.717) is 41.1 Å². The molecule has 0 bridgehead atoms. The number of rotatable bonds is 3. The first-order valence-corrected chi connectivity index (χ1v) is 9.24. The van der Waals surface area contributed by atoms with E-state index in [-0.39, 0.29) is 6.17 Å². The Kier molecular flexibility index (Phi) is 4.16. The molecule has 2 unspecified atom stereocenters. The SMILES string of the molecule is Fc1cccc(Cl)c1C1N=C2C=NC=CN2C1Nc1ccc2c(c1)OCCO2. The normalized spacial score (nSPS) is 22.1. The van der Waals surface area contributed by atoms with Gasteiger partial charge in [-0.1, -0.05) is 17.7 Å². The van der Waals surface area contributed by atoms with E-state index in [1.54, 1.807) is 24.5 Å². The first kappa shape index (κ1) is 17.1. The van der Waals surface area contributed by atoms with E-state index in [4.69, 9.17) is 21.1 Å². The van der Waals surface area contributed by atoms with Crippen LogP contribution in [0.25, 0.3) is 0 Å². The maximum absolute atomic E-state index is 14.6. The number of halogens is 2. The molecule has 2 aromatic carbocycles. The van der Waals surface area contributed by atoms with Gasteiger partial charge < -0.3 is 19.7 Å². The minimum Gasteiger partial charge on any atom is -0.486 e. The molecule has 0 aliphatic carbocycles. The zero-order valence-electron chi connectivity index (χ0n) is 14.7. The van der Waals surface area contributed by atoms with Crippen LogP contribution in [-0.2, 0) is 0 Å². The number of hydrogen-bond acceptors (Lipinski definition) is 6. The van der Waals surface area contributed by atoms with Gasteiger partial charge in [-0.05, 0) is 24.3 Å². The Labute approximate surface area is 165 Å². The molecule has 1 N–H and O–H groups in total. The van der Waals surface area contributed by atoms with Crippen LogP contribution in [-0.4, -0.2) is 36.3 Å². The van der Waals surface area contributed by atoms with Gasteiger partial charge in [0.1, 0.15) is 37.1 Å². The number of nitrogens with zero attached hydrogens (tertiary/aromatic N) is 3. The van der Waals surface area contributed by atoms with Gasteiger partial charge in [-0.15, -0.1) is 0 Å². The van der Waals surface area contributed by atoms with Crippen LogP contribution in [0.3, 0.4) is 0 Å². The molecular formula is C20H16ClFN4O2. The molecule has 0 spiro atoms. The lowest BCUT2D eigenvalue weighted by molar-refractivity contribution is 0.171. The van der Waals surface area contributed by atoms with Crippen LogP contribution in [0.2, 0.25) is 5.02 Å². The number of anilines is 1. The highest BCUT2D eigenvalue weighted by Gasteiger charge is 2.38. The summed E-state index contributed by atoms with van der Waals surface area (Å²) in [4.78, 5) is 10.7. The molecule has 0 radical (unpaired) electrons. The summed E-state index contributed by atoms with van der Waals surface area (Å²) >= 11 is 6.33. The van der Waals surface area contributed by atoms with Crippen molar-refractivity contribution in [2.24, 2.45) is 9.98 Å². The third-order valence-electron chi connectivity index (χ3n) is 4.79. The number of nitrogens with one attached hydrogen (secondary N) is 1. The molecule has 142 valence electrons. The fourth-order valence-corrected chi connectivity index (χ4v) is 3.81. The average molecular weight is 399 g/mol. The van der Waals surface area contributed by atoms with Gasteiger partial charge in [-0.3, -0.25) is 9.98 Å². The number of aliphatic imine (C=N–C) groups is 2. The molecule has 28 heavy (non-hydrogen) atoms. The highest BCUT2D eigenvalue weighted by molar-refractivity contribution is 6.32. The maximum atomic E-state index is 14.6. The van der Waals surface area contributed by atoms with Gasteiger partial charge in [-0.2, -0.15) is 0 Å². The highest BCUT2D eigenvalue weighted by Crippen LogP contribution is 2.39. The van der Waals surface area contributed by atoms with Gasteiger partial charge in [0.2, 0.25) is 0 Å². The van der Waals surface area contributed by atoms with Gasteiger partial charge >= 0.3 is 0 Å². The monoisotopic (exact) mass is 398 g/mol. The first-order chi connectivity index (χ1) is 13.7. The van der Waals surface area contributed by atoms with Gasteiger partial charge in [-0.25, -0.2) is 4.39 Å². The van der Waals surface area contributed by atoms with Crippen molar-refractivity contribution >= 4 is 29.3 Å². The van der Waals surface area contributed by atoms with E-state index in [2.05, 4.69) is 15.3 Å². The molecular weight excluding hydrogens is 383 g/mol. The third kappa shape index (κ3) is 2.88. The Morgan fingerprint density at radius 3 is 2.86 bits per heavy atom. The predicted octanol–water partition coefficient (Wildman–Crippen LogP) is 4.00. The Bertz CT molecular complexity index is 1000. The molecule has 8 heteroatoms. The Morgan fingerprint density at radius 2 is 2.00 bits per heavy atom. The highest BCUT2D eigenvalue weighted by atomic mass is 35.5. The molecule has 5 rings (SSSR count). The van der Waals surface area contributed by atoms with Crippen LogP contribution in [0, 0.1) is 5.82 Å². The molecule has 3 heterocycles. The first-order valence-electron chi connectivity index (χ1n) is 8.87. The molecule has 6 nitrogen and oxygen atoms in total. The number of benzene rings is 2. The lowest BCUT2D eigenvalue weighted by atomic mass is 10.0. The summed E-state index contributed by atoms with van der Waals surface area (Å²) in [6, 6.07) is 9.72. The number of ether oxygens (including phenoxy) is 2. The standard InChI is InChI=1S/C20H16ClFN4O2/c21-13-2-1-3-14(22)18(13)19-20(26-7-6-23-11-17(26)25-19)24-12-4-5-15-16(10-12)28-9-8-27-15/h1-7,10-11,19-20,24H,8-9H2. The quantitative estimate of drug-likeness (QED) is 0.849. The van der Waals surface area contributed by atoms with Gasteiger partial charge in [0.25, 0.3) is 0 Å². The Hall–Kier alpha value is -3.06. The van der Waals surface area contributed by atoms with Crippen molar-refractivity contribution in [2.45, 2.75) is 12.2 Å². The number of fused-ring (bicyclic) bond motifs is 2. The van der Waals surface area contributed by atoms with Crippen LogP contribution in [0.5, 0.6) is 11.5 Å². The maximum Gasteiger partial charge on any atom is 0.163 e. The summed E-state index contributed by atoms with van der Waals surface area (Å²) < 4.78 is 25.9. The molecule has 2 atom stereocenters. The second kappa shape index (κ2) is 6.83. The molecule has 0 fully saturated rings. The number of amidine groups is 1. The van der Waals surface area contributed by atoms with Gasteiger partial charge in [0.15, 0.2) is 11.5 Å². The van der Waals surface area contributed by atoms with E-state index < -0.39 is 11.9 Å². The molecule has 3 aliphatic heterocycles. The molecule has 0 saturated heterocycles. The van der Waals surface area contributed by atoms with E-state index in [9.17, 15) is 4.39 Å². The van der Waals surface area contributed by atoms with Crippen molar-refractivity contribution in [1.82, 2.24) is 4.90 Å². The third-order valence-corrected chi connectivity index (χ3v) is 5.12. The molecule has 0 aromatic heterocycles. The van der Waals surface area contributed by atoms with Crippen molar-refractivity contribution in [3.8, 4) is 11.5 Å². The van der Waals surface area contributed by atoms with Gasteiger partial charge in [0, 0.05) is 34.7 Å². The van der Waals surface area contributed by atoms with Gasteiger partial charge in [0.05, 0.1) is 6.21 Å². The summed E-state index contributed by atoms with van der Waals surface area (Å²) in [5.74, 6) is 1.63. The van der Waals surface area contributed by atoms with E-state index in [0.717, 1.165) is 5.69 Å². The Morgan fingerprint density at radius 1 is 1.14 bits per heavy atom. The van der Waals surface area contributed by atoms with Crippen molar-refractivity contribution in [2.75, 3.05) is 18.5 Å². The molecule has 2 aromatic rings. The summed E-state index contributed by atoms with van der Waals surface area (Å²) in [6.07, 6.45) is 4.74. The van der Waals surface area contributed by atoms with Crippen LogP contribution < -0.4 is 14.8 Å². The predicted molar refractivity (Wildman–Crippen MR) is 106 cm³/mol. The van der Waals surface area contributed by atoms with Crippen molar-refractivity contribution in [3.05, 3.63) is 65.2 Å². The average Bonchev–Trinajstić information content (AvgIpc) is 3.06. The zero-order chi connectivity index (χ0) is 19.1. The van der Waals surface area contributed by atoms with E-state index in [1.165, 1.54) is 6.07 Å². The summed E-state index contributed by atoms with van der Waals surface area (Å²) in [5, 5.41) is 3.77. The van der Waals surface area contributed by atoms with Crippen molar-refractivity contribution in [3.63, 3.8) is 0 Å². The molecule has 3 aliphatic rings. The minimum absolute atomic E-state index is 0.337. The largest absolute Gasteiger partial charge is 0.486 e. The van der Waals surface area contributed by atoms with Crippen LogP contribution in [0.15, 0.2) is 58.8 Å². The number of hydrogen-bond donors (Lipinski definition) is 1. The zero-order valence-corrected chi connectivity index (χ0v) is 15.4. The summed E-state index contributed by atoms with van der Waals surface area (Å²) in [7, 11) is 0. The lowest BCUT2D eigenvalue weighted by Gasteiger charge is -2.30. The molecule has 0 saturated carbocycles. The lowest BCUT2D eigenvalue weighted by Crippen LogP contribution is -2.40. The van der Waals surface area contributed by atoms with Crippen molar-refractivity contribution < 1.29 is 13.9 Å². The van der Waals surface area contributed by atoms with E-state index >= 15 is 0 Å². The fourth-order valence-electron chi connectivity index (χ4n) is 3.53. The van der Waals surface area contributed by atoms with Crippen LogP contribution >= 0.6 is 11.6 Å². The summed E-state index contributed by atoms with van der Waals surface area (Å²) in [6.45, 7) is 1.04. The summed E-state index contributed by atoms with van der Waals surface area (Å²) in [5.41, 5.74) is 1.15. The second-order valence-corrected chi connectivity index (χ2v) is 6.91. The van der Waals surface area contributed by atoms with E-state index in [1.807, 2.05) is 29.3 Å². The second-order valence-electron chi connectivity index (χ2n) is 6.50.